The topological polar surface area (TPSA) is 33.1 Å². The lowest BCUT2D eigenvalue weighted by Crippen LogP contribution is -2.05. The van der Waals surface area contributed by atoms with Crippen molar-refractivity contribution in [1.29, 1.82) is 0 Å². The lowest BCUT2D eigenvalue weighted by Gasteiger charge is -2.11. The average molecular weight is 255 g/mol. The third-order valence-corrected chi connectivity index (χ3v) is 3.59. The van der Waals surface area contributed by atoms with Gasteiger partial charge in [0, 0.05) is 0 Å². The molecule has 0 radical (unpaired) electrons. The summed E-state index contributed by atoms with van der Waals surface area (Å²) < 4.78 is 27.0. The van der Waals surface area contributed by atoms with Crippen LogP contribution in [0.15, 0.2) is 18.2 Å². The number of hydrogen-bond acceptors (Lipinski definition) is 3. The smallest absolute Gasteiger partial charge is 0.132 e. The van der Waals surface area contributed by atoms with Gasteiger partial charge in [-0.25, -0.2) is 13.8 Å². The molecule has 0 aliphatic heterocycles. The van der Waals surface area contributed by atoms with Gasteiger partial charge in [-0.15, -0.1) is 11.3 Å². The highest BCUT2D eigenvalue weighted by atomic mass is 32.1. The molecule has 0 saturated carbocycles. The van der Waals surface area contributed by atoms with E-state index in [4.69, 9.17) is 0 Å². The van der Waals surface area contributed by atoms with Crippen LogP contribution < -0.4 is 0 Å². The molecule has 1 unspecified atom stereocenters. The highest BCUT2D eigenvalue weighted by Gasteiger charge is 2.23. The maximum absolute atomic E-state index is 13.5. The van der Waals surface area contributed by atoms with Gasteiger partial charge in [0.25, 0.3) is 0 Å². The van der Waals surface area contributed by atoms with Crippen molar-refractivity contribution in [3.63, 3.8) is 0 Å². The summed E-state index contributed by atoms with van der Waals surface area (Å²) in [6.45, 7) is 3.49. The average Bonchev–Trinajstić information content (AvgIpc) is 2.57. The van der Waals surface area contributed by atoms with Gasteiger partial charge in [0.15, 0.2) is 0 Å². The van der Waals surface area contributed by atoms with Crippen LogP contribution in [0.5, 0.6) is 0 Å². The Kier molecular flexibility index (Phi) is 3.22. The van der Waals surface area contributed by atoms with Crippen molar-refractivity contribution >= 4 is 11.3 Å². The summed E-state index contributed by atoms with van der Waals surface area (Å²) in [7, 11) is 0. The third-order valence-electron chi connectivity index (χ3n) is 2.46. The molecule has 0 aliphatic rings. The van der Waals surface area contributed by atoms with Crippen LogP contribution in [0.3, 0.4) is 0 Å². The quantitative estimate of drug-likeness (QED) is 0.894. The number of aromatic nitrogens is 1. The van der Waals surface area contributed by atoms with Crippen molar-refractivity contribution in [2.75, 3.05) is 0 Å². The number of halogens is 2. The number of aliphatic hydroxyl groups excluding tert-OH is 1. The summed E-state index contributed by atoms with van der Waals surface area (Å²) in [5.74, 6) is -1.49. The molecule has 0 aliphatic carbocycles. The fourth-order valence-corrected chi connectivity index (χ4v) is 2.63. The first-order valence-corrected chi connectivity index (χ1v) is 5.88. The Bertz CT molecular complexity index is 533. The minimum atomic E-state index is -1.30. The number of hydrogen-bond donors (Lipinski definition) is 1. The van der Waals surface area contributed by atoms with Gasteiger partial charge < -0.3 is 5.11 Å². The molecule has 1 atom stereocenters. The molecule has 2 rings (SSSR count). The second-order valence-corrected chi connectivity index (χ2v) is 4.96. The third kappa shape index (κ3) is 2.21. The van der Waals surface area contributed by atoms with Crippen LogP contribution in [-0.2, 0) is 0 Å². The van der Waals surface area contributed by atoms with E-state index < -0.39 is 17.7 Å². The van der Waals surface area contributed by atoms with Crippen molar-refractivity contribution in [3.8, 4) is 0 Å². The molecule has 1 N–H and O–H groups in total. The first-order valence-electron chi connectivity index (χ1n) is 5.06. The number of aliphatic hydroxyl groups is 1. The fourth-order valence-electron chi connectivity index (χ4n) is 1.70. The molecule has 1 heterocycles. The molecular formula is C12H11F2NOS. The Morgan fingerprint density at radius 2 is 1.82 bits per heavy atom. The second kappa shape index (κ2) is 4.50. The van der Waals surface area contributed by atoms with Gasteiger partial charge in [-0.2, -0.15) is 0 Å². The summed E-state index contributed by atoms with van der Waals surface area (Å²) >= 11 is 1.24. The molecule has 0 bridgehead atoms. The fraction of sp³-hybridized carbons (Fsp3) is 0.250. The van der Waals surface area contributed by atoms with Crippen LogP contribution in [0.25, 0.3) is 0 Å². The van der Waals surface area contributed by atoms with Crippen LogP contribution in [0.4, 0.5) is 8.78 Å². The minimum absolute atomic E-state index is 0.320. The van der Waals surface area contributed by atoms with Gasteiger partial charge in [0.05, 0.1) is 21.1 Å². The largest absolute Gasteiger partial charge is 0.383 e. The lowest BCUT2D eigenvalue weighted by molar-refractivity contribution is 0.212. The number of benzene rings is 1. The SMILES string of the molecule is Cc1nc(C)c(C(O)c2c(F)cccc2F)s1. The summed E-state index contributed by atoms with van der Waals surface area (Å²) in [6, 6.07) is 3.53. The predicted octanol–water partition coefficient (Wildman–Crippen LogP) is 3.12. The van der Waals surface area contributed by atoms with Crippen molar-refractivity contribution in [3.05, 3.63) is 51.0 Å². The Morgan fingerprint density at radius 3 is 2.29 bits per heavy atom. The molecule has 0 spiro atoms. The highest BCUT2D eigenvalue weighted by Crippen LogP contribution is 2.32. The molecular weight excluding hydrogens is 244 g/mol. The van der Waals surface area contributed by atoms with E-state index in [0.29, 0.717) is 10.6 Å². The molecule has 90 valence electrons. The van der Waals surface area contributed by atoms with Gasteiger partial charge in [-0.3, -0.25) is 0 Å². The van der Waals surface area contributed by atoms with Crippen LogP contribution in [0.1, 0.15) is 27.2 Å². The van der Waals surface area contributed by atoms with E-state index in [1.54, 1.807) is 13.8 Å². The zero-order valence-electron chi connectivity index (χ0n) is 9.37. The van der Waals surface area contributed by atoms with Crippen LogP contribution in [0, 0.1) is 25.5 Å². The van der Waals surface area contributed by atoms with E-state index in [2.05, 4.69) is 4.98 Å². The van der Waals surface area contributed by atoms with Gasteiger partial charge in [0.1, 0.15) is 17.7 Å². The van der Waals surface area contributed by atoms with Crippen molar-refractivity contribution in [2.45, 2.75) is 20.0 Å². The number of nitrogens with zero attached hydrogens (tertiary/aromatic N) is 1. The predicted molar refractivity (Wildman–Crippen MR) is 62.0 cm³/mol. The molecule has 2 aromatic rings. The Balaban J connectivity index is 2.51. The number of thiazole rings is 1. The molecule has 0 fully saturated rings. The number of rotatable bonds is 2. The maximum atomic E-state index is 13.5. The van der Waals surface area contributed by atoms with Crippen molar-refractivity contribution in [1.82, 2.24) is 4.98 Å². The molecule has 1 aromatic carbocycles. The molecule has 2 nitrogen and oxygen atoms in total. The zero-order valence-corrected chi connectivity index (χ0v) is 10.2. The Hall–Kier alpha value is -1.33. The normalized spacial score (nSPS) is 12.8. The standard InChI is InChI=1S/C12H11F2NOS/c1-6-12(17-7(2)15-6)11(16)10-8(13)4-3-5-9(10)14/h3-5,11,16H,1-2H3. The van der Waals surface area contributed by atoms with Gasteiger partial charge in [0.2, 0.25) is 0 Å². The molecule has 5 heteroatoms. The lowest BCUT2D eigenvalue weighted by atomic mass is 10.1. The van der Waals surface area contributed by atoms with Crippen LogP contribution >= 0.6 is 11.3 Å². The van der Waals surface area contributed by atoms with E-state index in [0.717, 1.165) is 17.1 Å². The van der Waals surface area contributed by atoms with E-state index in [1.807, 2.05) is 0 Å². The van der Waals surface area contributed by atoms with Crippen molar-refractivity contribution in [2.24, 2.45) is 0 Å². The Morgan fingerprint density at radius 1 is 1.24 bits per heavy atom. The first kappa shape index (κ1) is 12.1. The monoisotopic (exact) mass is 255 g/mol. The van der Waals surface area contributed by atoms with E-state index in [1.165, 1.54) is 17.4 Å². The molecule has 0 saturated heterocycles. The zero-order chi connectivity index (χ0) is 12.6. The van der Waals surface area contributed by atoms with E-state index >= 15 is 0 Å². The number of aryl methyl sites for hydroxylation is 2. The molecule has 17 heavy (non-hydrogen) atoms. The van der Waals surface area contributed by atoms with Crippen LogP contribution in [-0.4, -0.2) is 10.1 Å². The highest BCUT2D eigenvalue weighted by molar-refractivity contribution is 7.11. The van der Waals surface area contributed by atoms with Crippen molar-refractivity contribution < 1.29 is 13.9 Å². The summed E-state index contributed by atoms with van der Waals surface area (Å²) in [5.41, 5.74) is 0.280. The van der Waals surface area contributed by atoms with Gasteiger partial charge >= 0.3 is 0 Å². The summed E-state index contributed by atoms with van der Waals surface area (Å²) in [4.78, 5) is 4.61. The first-order chi connectivity index (χ1) is 8.00. The maximum Gasteiger partial charge on any atom is 0.132 e. The van der Waals surface area contributed by atoms with Crippen LogP contribution in [0.2, 0.25) is 0 Å². The van der Waals surface area contributed by atoms with E-state index in [9.17, 15) is 13.9 Å². The second-order valence-electron chi connectivity index (χ2n) is 3.72. The molecule has 1 aromatic heterocycles. The Labute approximate surface area is 102 Å². The summed E-state index contributed by atoms with van der Waals surface area (Å²) in [5, 5.41) is 10.8. The van der Waals surface area contributed by atoms with Gasteiger partial charge in [-0.1, -0.05) is 6.07 Å². The van der Waals surface area contributed by atoms with Gasteiger partial charge in [-0.05, 0) is 26.0 Å². The summed E-state index contributed by atoms with van der Waals surface area (Å²) in [6.07, 6.45) is -1.30. The van der Waals surface area contributed by atoms with E-state index in [-0.39, 0.29) is 5.56 Å². The minimum Gasteiger partial charge on any atom is -0.383 e. The molecule has 0 amide bonds.